The maximum Gasteiger partial charge on any atom is 0.338 e. The van der Waals surface area contributed by atoms with E-state index in [1.165, 1.54) is 17.4 Å². The molecule has 0 amide bonds. The molecule has 1 aromatic heterocycles. The van der Waals surface area contributed by atoms with Crippen LogP contribution < -0.4 is 4.90 Å². The Morgan fingerprint density at radius 1 is 1.41 bits per heavy atom. The van der Waals surface area contributed by atoms with Gasteiger partial charge in [0.05, 0.1) is 41.5 Å². The molecular weight excluding hydrogens is 394 g/mol. The van der Waals surface area contributed by atoms with Crippen LogP contribution in [0.5, 0.6) is 0 Å². The molecule has 1 aliphatic heterocycles. The summed E-state index contributed by atoms with van der Waals surface area (Å²) in [4.78, 5) is 30.3. The summed E-state index contributed by atoms with van der Waals surface area (Å²) in [5.74, 6) is -0.566. The molecule has 1 fully saturated rings. The third kappa shape index (κ3) is 5.15. The van der Waals surface area contributed by atoms with Gasteiger partial charge in [0, 0.05) is 30.5 Å². The highest BCUT2D eigenvalue weighted by molar-refractivity contribution is 7.09. The fourth-order valence-electron chi connectivity index (χ4n) is 2.75. The molecule has 2 aromatic rings. The number of benzene rings is 1. The van der Waals surface area contributed by atoms with E-state index in [1.54, 1.807) is 17.6 Å². The molecule has 2 heterocycles. The monoisotopic (exact) mass is 413 g/mol. The third-order valence-electron chi connectivity index (χ3n) is 4.17. The van der Waals surface area contributed by atoms with Gasteiger partial charge in [0.1, 0.15) is 5.69 Å². The fraction of sp³-hybridized carbons (Fsp3) is 0.412. The third-order valence-corrected chi connectivity index (χ3v) is 5.16. The minimum absolute atomic E-state index is 0. The predicted octanol–water partition coefficient (Wildman–Crippen LogP) is 3.02. The molecule has 146 valence electrons. The van der Waals surface area contributed by atoms with Crippen molar-refractivity contribution in [2.24, 2.45) is 0 Å². The van der Waals surface area contributed by atoms with Gasteiger partial charge >= 0.3 is 5.97 Å². The van der Waals surface area contributed by atoms with Gasteiger partial charge in [-0.05, 0) is 19.1 Å². The number of thiazole rings is 1. The molecule has 0 aliphatic carbocycles. The standard InChI is InChI=1S/C17H19N3O5S.ClH/c1-12-16(26-11-18-12)4-7-25-17(21)13-2-3-14(15(10-13)20(22)23)19-5-8-24-9-6-19;/h2-3,10-11H,4-9H2,1H3;1H. The minimum atomic E-state index is -0.566. The first-order valence-corrected chi connectivity index (χ1v) is 9.11. The number of aromatic nitrogens is 1. The van der Waals surface area contributed by atoms with E-state index in [-0.39, 0.29) is 30.3 Å². The molecule has 0 unspecified atom stereocenters. The van der Waals surface area contributed by atoms with Gasteiger partial charge in [0.25, 0.3) is 5.69 Å². The molecule has 0 atom stereocenters. The summed E-state index contributed by atoms with van der Waals surface area (Å²) < 4.78 is 10.5. The second-order valence-electron chi connectivity index (χ2n) is 5.81. The molecule has 0 spiro atoms. The largest absolute Gasteiger partial charge is 0.462 e. The van der Waals surface area contributed by atoms with Crippen LogP contribution in [-0.2, 0) is 15.9 Å². The molecule has 8 nitrogen and oxygen atoms in total. The zero-order chi connectivity index (χ0) is 18.5. The summed E-state index contributed by atoms with van der Waals surface area (Å²) in [5, 5.41) is 11.4. The number of halogens is 1. The highest BCUT2D eigenvalue weighted by Gasteiger charge is 2.23. The lowest BCUT2D eigenvalue weighted by molar-refractivity contribution is -0.384. The smallest absolute Gasteiger partial charge is 0.338 e. The first-order valence-electron chi connectivity index (χ1n) is 8.23. The lowest BCUT2D eigenvalue weighted by Crippen LogP contribution is -2.36. The lowest BCUT2D eigenvalue weighted by atomic mass is 10.1. The van der Waals surface area contributed by atoms with Gasteiger partial charge in [-0.25, -0.2) is 9.78 Å². The topological polar surface area (TPSA) is 94.8 Å². The number of nitrogens with zero attached hydrogens (tertiary/aromatic N) is 3. The number of carbonyl (C=O) groups excluding carboxylic acids is 1. The number of aryl methyl sites for hydroxylation is 1. The second kappa shape index (κ2) is 9.63. The summed E-state index contributed by atoms with van der Waals surface area (Å²) in [5.41, 5.74) is 3.25. The molecule has 27 heavy (non-hydrogen) atoms. The number of morpholine rings is 1. The number of rotatable bonds is 6. The van der Waals surface area contributed by atoms with E-state index in [1.807, 2.05) is 11.8 Å². The van der Waals surface area contributed by atoms with Crippen molar-refractivity contribution in [2.75, 3.05) is 37.8 Å². The van der Waals surface area contributed by atoms with Crippen LogP contribution >= 0.6 is 23.7 Å². The molecule has 1 aromatic carbocycles. The molecule has 10 heteroatoms. The fourth-order valence-corrected chi connectivity index (χ4v) is 3.52. The first kappa shape index (κ1) is 21.1. The molecule has 1 aliphatic rings. The molecule has 3 rings (SSSR count). The van der Waals surface area contributed by atoms with E-state index in [0.29, 0.717) is 38.4 Å². The van der Waals surface area contributed by atoms with Gasteiger partial charge in [-0.2, -0.15) is 0 Å². The SMILES string of the molecule is Cc1ncsc1CCOC(=O)c1ccc(N2CCOCC2)c([N+](=O)[O-])c1.Cl. The summed E-state index contributed by atoms with van der Waals surface area (Å²) in [6.07, 6.45) is 0.580. The number of nitro groups is 1. The number of anilines is 1. The van der Waals surface area contributed by atoms with Crippen molar-refractivity contribution in [1.82, 2.24) is 4.98 Å². The normalized spacial score (nSPS) is 13.7. The highest BCUT2D eigenvalue weighted by atomic mass is 35.5. The quantitative estimate of drug-likeness (QED) is 0.408. The van der Waals surface area contributed by atoms with E-state index in [9.17, 15) is 14.9 Å². The van der Waals surface area contributed by atoms with E-state index >= 15 is 0 Å². The van der Waals surface area contributed by atoms with E-state index < -0.39 is 10.9 Å². The Morgan fingerprint density at radius 2 is 2.15 bits per heavy atom. The van der Waals surface area contributed by atoms with Crippen LogP contribution in [0.15, 0.2) is 23.7 Å². The first-order chi connectivity index (χ1) is 12.6. The Labute approximate surface area is 166 Å². The number of ether oxygens (including phenoxy) is 2. The average Bonchev–Trinajstić information content (AvgIpc) is 3.06. The van der Waals surface area contributed by atoms with Crippen LogP contribution in [0.3, 0.4) is 0 Å². The number of hydrogen-bond acceptors (Lipinski definition) is 8. The zero-order valence-corrected chi connectivity index (χ0v) is 16.4. The van der Waals surface area contributed by atoms with Crippen molar-refractivity contribution in [3.8, 4) is 0 Å². The lowest BCUT2D eigenvalue weighted by Gasteiger charge is -2.28. The van der Waals surface area contributed by atoms with Crippen LogP contribution in [0.2, 0.25) is 0 Å². The van der Waals surface area contributed by atoms with Crippen molar-refractivity contribution in [3.05, 3.63) is 50.0 Å². The van der Waals surface area contributed by atoms with Crippen molar-refractivity contribution in [1.29, 1.82) is 0 Å². The summed E-state index contributed by atoms with van der Waals surface area (Å²) >= 11 is 1.51. The van der Waals surface area contributed by atoms with Gasteiger partial charge in [-0.3, -0.25) is 10.1 Å². The highest BCUT2D eigenvalue weighted by Crippen LogP contribution is 2.30. The van der Waals surface area contributed by atoms with Crippen LogP contribution in [0.1, 0.15) is 20.9 Å². The van der Waals surface area contributed by atoms with Crippen LogP contribution in [-0.4, -0.2) is 48.8 Å². The molecule has 0 bridgehead atoms. The van der Waals surface area contributed by atoms with Crippen molar-refractivity contribution in [3.63, 3.8) is 0 Å². The molecule has 1 saturated heterocycles. The summed E-state index contributed by atoms with van der Waals surface area (Å²) in [6.45, 7) is 4.33. The molecular formula is C17H20ClN3O5S. The van der Waals surface area contributed by atoms with E-state index in [4.69, 9.17) is 9.47 Å². The minimum Gasteiger partial charge on any atom is -0.462 e. The van der Waals surface area contributed by atoms with Crippen LogP contribution in [0.4, 0.5) is 11.4 Å². The molecule has 0 N–H and O–H groups in total. The number of nitro benzene ring substituents is 1. The summed E-state index contributed by atoms with van der Waals surface area (Å²) in [6, 6.07) is 4.45. The van der Waals surface area contributed by atoms with Gasteiger partial charge in [0.15, 0.2) is 0 Å². The van der Waals surface area contributed by atoms with Crippen LogP contribution in [0, 0.1) is 17.0 Å². The van der Waals surface area contributed by atoms with Crippen molar-refractivity contribution < 1.29 is 19.2 Å². The zero-order valence-electron chi connectivity index (χ0n) is 14.8. The van der Waals surface area contributed by atoms with Gasteiger partial charge in [-0.15, -0.1) is 23.7 Å². The maximum absolute atomic E-state index is 12.2. The Kier molecular flexibility index (Phi) is 7.52. The van der Waals surface area contributed by atoms with Crippen molar-refractivity contribution >= 4 is 41.1 Å². The summed E-state index contributed by atoms with van der Waals surface area (Å²) in [7, 11) is 0. The Morgan fingerprint density at radius 3 is 2.78 bits per heavy atom. The number of carbonyl (C=O) groups is 1. The predicted molar refractivity (Wildman–Crippen MR) is 104 cm³/mol. The second-order valence-corrected chi connectivity index (χ2v) is 6.75. The van der Waals surface area contributed by atoms with Gasteiger partial charge in [-0.1, -0.05) is 0 Å². The van der Waals surface area contributed by atoms with E-state index in [2.05, 4.69) is 4.98 Å². The average molecular weight is 414 g/mol. The molecule has 0 saturated carbocycles. The number of esters is 1. The van der Waals surface area contributed by atoms with Gasteiger partial charge < -0.3 is 14.4 Å². The number of hydrogen-bond donors (Lipinski definition) is 0. The van der Waals surface area contributed by atoms with Crippen LogP contribution in [0.25, 0.3) is 0 Å². The Hall–Kier alpha value is -2.23. The van der Waals surface area contributed by atoms with E-state index in [0.717, 1.165) is 10.6 Å². The van der Waals surface area contributed by atoms with Crippen molar-refractivity contribution in [2.45, 2.75) is 13.3 Å². The van der Waals surface area contributed by atoms with Gasteiger partial charge in [0.2, 0.25) is 0 Å². The maximum atomic E-state index is 12.2. The Balaban J connectivity index is 0.00000261. The molecule has 0 radical (unpaired) electrons. The Bertz CT molecular complexity index is 808.